The van der Waals surface area contributed by atoms with E-state index in [1.165, 1.54) is 0 Å². The third-order valence-electron chi connectivity index (χ3n) is 2.81. The number of methoxy groups -OCH3 is 1. The van der Waals surface area contributed by atoms with Crippen molar-refractivity contribution in [3.8, 4) is 5.75 Å². The molecule has 1 aromatic carbocycles. The average Bonchev–Trinajstić information content (AvgIpc) is 2.82. The summed E-state index contributed by atoms with van der Waals surface area (Å²) in [4.78, 5) is 1.16. The van der Waals surface area contributed by atoms with E-state index in [0.717, 1.165) is 20.0 Å². The van der Waals surface area contributed by atoms with Crippen molar-refractivity contribution in [2.24, 2.45) is 5.84 Å². The van der Waals surface area contributed by atoms with Gasteiger partial charge in [0.15, 0.2) is 0 Å². The Morgan fingerprint density at radius 1 is 1.42 bits per heavy atom. The molecule has 19 heavy (non-hydrogen) atoms. The van der Waals surface area contributed by atoms with E-state index in [4.69, 9.17) is 22.2 Å². The van der Waals surface area contributed by atoms with Crippen LogP contribution in [-0.2, 0) is 6.42 Å². The summed E-state index contributed by atoms with van der Waals surface area (Å²) in [6, 6.07) is 9.69. The summed E-state index contributed by atoms with van der Waals surface area (Å²) in [7, 11) is 1.65. The molecule has 0 aliphatic rings. The van der Waals surface area contributed by atoms with Gasteiger partial charge >= 0.3 is 0 Å². The fourth-order valence-corrected chi connectivity index (χ4v) is 3.56. The summed E-state index contributed by atoms with van der Waals surface area (Å²) < 4.78 is 6.44. The van der Waals surface area contributed by atoms with Crippen molar-refractivity contribution < 1.29 is 4.74 Å². The molecule has 6 heteroatoms. The van der Waals surface area contributed by atoms with Crippen LogP contribution < -0.4 is 16.0 Å². The maximum absolute atomic E-state index is 6.04. The fraction of sp³-hybridized carbons (Fsp3) is 0.231. The minimum atomic E-state index is 0.0312. The number of rotatable bonds is 5. The molecule has 2 rings (SSSR count). The summed E-state index contributed by atoms with van der Waals surface area (Å²) in [5.41, 5.74) is 3.87. The summed E-state index contributed by atoms with van der Waals surface area (Å²) >= 11 is 11.2. The van der Waals surface area contributed by atoms with Gasteiger partial charge in [-0.15, -0.1) is 11.3 Å². The molecule has 1 unspecified atom stereocenters. The highest BCUT2D eigenvalue weighted by atomic mass is 79.9. The van der Waals surface area contributed by atoms with Crippen LogP contribution in [0.2, 0.25) is 5.02 Å². The SMILES string of the molecule is COc1ccc(Cl)cc1CC(NN)c1ccc(Br)s1. The highest BCUT2D eigenvalue weighted by Crippen LogP contribution is 2.32. The van der Waals surface area contributed by atoms with E-state index in [-0.39, 0.29) is 6.04 Å². The molecule has 1 aromatic heterocycles. The lowest BCUT2D eigenvalue weighted by Gasteiger charge is -2.16. The van der Waals surface area contributed by atoms with Gasteiger partial charge < -0.3 is 4.74 Å². The first-order chi connectivity index (χ1) is 9.13. The second-order valence-electron chi connectivity index (χ2n) is 4.02. The Kier molecular flexibility index (Phi) is 5.24. The highest BCUT2D eigenvalue weighted by Gasteiger charge is 2.15. The molecule has 0 saturated carbocycles. The molecule has 0 aliphatic carbocycles. The molecule has 0 fully saturated rings. The minimum Gasteiger partial charge on any atom is -0.496 e. The number of nitrogens with one attached hydrogen (secondary N) is 1. The van der Waals surface area contributed by atoms with Crippen LogP contribution in [0.25, 0.3) is 0 Å². The van der Waals surface area contributed by atoms with E-state index in [2.05, 4.69) is 27.4 Å². The van der Waals surface area contributed by atoms with Gasteiger partial charge in [0.1, 0.15) is 5.75 Å². The van der Waals surface area contributed by atoms with E-state index in [1.807, 2.05) is 24.3 Å². The topological polar surface area (TPSA) is 47.3 Å². The molecule has 0 amide bonds. The second kappa shape index (κ2) is 6.72. The number of hydrogen-bond donors (Lipinski definition) is 2. The largest absolute Gasteiger partial charge is 0.496 e. The lowest BCUT2D eigenvalue weighted by molar-refractivity contribution is 0.406. The lowest BCUT2D eigenvalue weighted by Crippen LogP contribution is -2.29. The summed E-state index contributed by atoms with van der Waals surface area (Å²) in [6.45, 7) is 0. The van der Waals surface area contributed by atoms with Crippen LogP contribution in [0.3, 0.4) is 0 Å². The Morgan fingerprint density at radius 2 is 2.21 bits per heavy atom. The van der Waals surface area contributed by atoms with E-state index in [1.54, 1.807) is 18.4 Å². The first-order valence-corrected chi connectivity index (χ1v) is 7.66. The average molecular weight is 362 g/mol. The van der Waals surface area contributed by atoms with Crippen molar-refractivity contribution in [2.75, 3.05) is 7.11 Å². The zero-order valence-corrected chi connectivity index (χ0v) is 13.5. The van der Waals surface area contributed by atoms with Crippen molar-refractivity contribution in [3.05, 3.63) is 49.6 Å². The van der Waals surface area contributed by atoms with Crippen LogP contribution >= 0.6 is 38.9 Å². The Hall–Kier alpha value is -0.590. The van der Waals surface area contributed by atoms with Gasteiger partial charge in [0.2, 0.25) is 0 Å². The Bertz CT molecular complexity index is 561. The number of ether oxygens (including phenoxy) is 1. The molecule has 2 aromatic rings. The van der Waals surface area contributed by atoms with E-state index < -0.39 is 0 Å². The number of hydrogen-bond acceptors (Lipinski definition) is 4. The van der Waals surface area contributed by atoms with Gasteiger partial charge in [-0.2, -0.15) is 0 Å². The number of benzene rings is 1. The van der Waals surface area contributed by atoms with Gasteiger partial charge in [0, 0.05) is 9.90 Å². The van der Waals surface area contributed by atoms with Crippen LogP contribution in [0.4, 0.5) is 0 Å². The minimum absolute atomic E-state index is 0.0312. The molecule has 0 bridgehead atoms. The summed E-state index contributed by atoms with van der Waals surface area (Å²) in [5, 5.41) is 0.693. The number of halogens is 2. The van der Waals surface area contributed by atoms with Gasteiger partial charge in [-0.1, -0.05) is 11.6 Å². The maximum atomic E-state index is 6.04. The zero-order chi connectivity index (χ0) is 13.8. The van der Waals surface area contributed by atoms with Crippen LogP contribution in [0, 0.1) is 0 Å². The van der Waals surface area contributed by atoms with Crippen molar-refractivity contribution in [1.29, 1.82) is 0 Å². The molecule has 102 valence electrons. The van der Waals surface area contributed by atoms with E-state index >= 15 is 0 Å². The van der Waals surface area contributed by atoms with Crippen molar-refractivity contribution >= 4 is 38.9 Å². The fourth-order valence-electron chi connectivity index (χ4n) is 1.88. The smallest absolute Gasteiger partial charge is 0.122 e. The molecule has 0 spiro atoms. The predicted molar refractivity (Wildman–Crippen MR) is 83.8 cm³/mol. The summed E-state index contributed by atoms with van der Waals surface area (Å²) in [5.74, 6) is 6.48. The molecule has 0 radical (unpaired) electrons. The first-order valence-electron chi connectivity index (χ1n) is 5.68. The van der Waals surface area contributed by atoms with Gasteiger partial charge in [0.05, 0.1) is 16.9 Å². The summed E-state index contributed by atoms with van der Waals surface area (Å²) in [6.07, 6.45) is 0.715. The molecule has 1 heterocycles. The lowest BCUT2D eigenvalue weighted by atomic mass is 10.0. The molecule has 1 atom stereocenters. The van der Waals surface area contributed by atoms with Crippen molar-refractivity contribution in [3.63, 3.8) is 0 Å². The third kappa shape index (κ3) is 3.70. The monoisotopic (exact) mass is 360 g/mol. The molecular formula is C13H14BrClN2OS. The van der Waals surface area contributed by atoms with E-state index in [0.29, 0.717) is 11.4 Å². The van der Waals surface area contributed by atoms with Crippen molar-refractivity contribution in [1.82, 2.24) is 5.43 Å². The standard InChI is InChI=1S/C13H14BrClN2OS/c1-18-11-3-2-9(15)6-8(11)7-10(17-16)12-4-5-13(14)19-12/h2-6,10,17H,7,16H2,1H3. The third-order valence-corrected chi connectivity index (χ3v) is 4.78. The number of nitrogens with two attached hydrogens (primary N) is 1. The first kappa shape index (κ1) is 14.8. The van der Waals surface area contributed by atoms with Gasteiger partial charge in [0.25, 0.3) is 0 Å². The van der Waals surface area contributed by atoms with Crippen LogP contribution in [-0.4, -0.2) is 7.11 Å². The Morgan fingerprint density at radius 3 is 2.79 bits per heavy atom. The maximum Gasteiger partial charge on any atom is 0.122 e. The van der Waals surface area contributed by atoms with Crippen LogP contribution in [0.1, 0.15) is 16.5 Å². The zero-order valence-electron chi connectivity index (χ0n) is 10.3. The molecular weight excluding hydrogens is 348 g/mol. The predicted octanol–water partition coefficient (Wildman–Crippen LogP) is 3.92. The Balaban J connectivity index is 2.25. The second-order valence-corrected chi connectivity index (χ2v) is 6.95. The van der Waals surface area contributed by atoms with Gasteiger partial charge in [-0.3, -0.25) is 11.3 Å². The van der Waals surface area contributed by atoms with Crippen LogP contribution in [0.5, 0.6) is 5.75 Å². The van der Waals surface area contributed by atoms with Crippen LogP contribution in [0.15, 0.2) is 34.1 Å². The van der Waals surface area contributed by atoms with Gasteiger partial charge in [-0.25, -0.2) is 0 Å². The number of thiophene rings is 1. The highest BCUT2D eigenvalue weighted by molar-refractivity contribution is 9.11. The van der Waals surface area contributed by atoms with Crippen molar-refractivity contribution in [2.45, 2.75) is 12.5 Å². The number of hydrazine groups is 1. The normalized spacial score (nSPS) is 12.4. The van der Waals surface area contributed by atoms with Gasteiger partial charge in [-0.05, 0) is 58.2 Å². The molecule has 0 saturated heterocycles. The van der Waals surface area contributed by atoms with E-state index in [9.17, 15) is 0 Å². The molecule has 3 N–H and O–H groups in total. The molecule has 3 nitrogen and oxygen atoms in total. The Labute approximate surface area is 129 Å². The molecule has 0 aliphatic heterocycles. The quantitative estimate of drug-likeness (QED) is 0.627.